The third kappa shape index (κ3) is 4.35. The summed E-state index contributed by atoms with van der Waals surface area (Å²) in [4.78, 5) is 30.1. The van der Waals surface area contributed by atoms with Crippen LogP contribution in [0, 0.1) is 46.3 Å². The van der Waals surface area contributed by atoms with Crippen molar-refractivity contribution in [3.63, 3.8) is 0 Å². The molecule has 2 aromatic rings. The molecule has 6 heteroatoms. The van der Waals surface area contributed by atoms with Gasteiger partial charge in [-0.1, -0.05) is 98.8 Å². The van der Waals surface area contributed by atoms with Crippen molar-refractivity contribution in [3.8, 4) is 0 Å². The molecule has 2 bridgehead atoms. The molecule has 48 heavy (non-hydrogen) atoms. The SMILES string of the molecule is CC(C)[C@@H](C)/C=C/[C@@H](C)[C@@H]1CC[C@H]2[C@]1(C)CC[C@H]1[C@]23C=C[C@@]2(C[C@@H](O[Si](C)(C)C(C)(C)C)CC[C@]12C)n1c(=O)c2ccccc2c(=O)n13. The molecule has 6 aliphatic rings. The first-order valence-corrected chi connectivity index (χ1v) is 22.1. The van der Waals surface area contributed by atoms with E-state index in [-0.39, 0.29) is 33.1 Å². The number of nitrogens with zero attached hydrogens (tertiary/aromatic N) is 2. The van der Waals surface area contributed by atoms with Crippen LogP contribution in [0.3, 0.4) is 0 Å². The Bertz CT molecular complexity index is 1790. The van der Waals surface area contributed by atoms with Gasteiger partial charge in [-0.2, -0.15) is 0 Å². The van der Waals surface area contributed by atoms with Gasteiger partial charge in [-0.3, -0.25) is 9.59 Å². The maximum absolute atomic E-state index is 15.1. The first-order chi connectivity index (χ1) is 22.4. The molecule has 3 fully saturated rings. The number of hydrogen-bond donors (Lipinski definition) is 0. The standard InChI is InChI=1S/C42H62N2O3Si/c1-27(2)28(3)16-17-29(4)33-18-19-34-39(33,8)22-21-35-40(9)23-20-30(47-48(10,11)38(5,6)7)26-41(40)24-25-42(34,35)44-37(46)32-15-13-12-14-31(32)36(45)43(41)44/h12-17,24-25,27-30,33-35H,18-23,26H2,1-11H3/b17-16+/t28-,29+,30-,33-,34-,35+,39+,40+,41-,42-/m0/s1. The number of hydrogen-bond acceptors (Lipinski definition) is 3. The molecule has 1 aromatic heterocycles. The summed E-state index contributed by atoms with van der Waals surface area (Å²) in [6.07, 6.45) is 17.2. The third-order valence-electron chi connectivity index (χ3n) is 15.8. The lowest BCUT2D eigenvalue weighted by molar-refractivity contribution is -0.200. The first-order valence-electron chi connectivity index (χ1n) is 19.2. The van der Waals surface area contributed by atoms with Crippen molar-refractivity contribution < 1.29 is 4.43 Å². The van der Waals surface area contributed by atoms with E-state index >= 15 is 9.59 Å². The summed E-state index contributed by atoms with van der Waals surface area (Å²) in [5.74, 6) is 2.80. The average Bonchev–Trinajstić information content (AvgIpc) is 3.38. The van der Waals surface area contributed by atoms with Crippen LogP contribution in [0.25, 0.3) is 10.8 Å². The molecule has 0 unspecified atom stereocenters. The zero-order chi connectivity index (χ0) is 34.8. The van der Waals surface area contributed by atoms with Crippen LogP contribution < -0.4 is 11.1 Å². The number of benzene rings is 1. The van der Waals surface area contributed by atoms with Gasteiger partial charge in [0.2, 0.25) is 0 Å². The van der Waals surface area contributed by atoms with Crippen molar-refractivity contribution in [1.29, 1.82) is 0 Å². The van der Waals surface area contributed by atoms with Crippen LogP contribution in [0.1, 0.15) is 107 Å². The molecule has 5 nitrogen and oxygen atoms in total. The Kier molecular flexibility index (Phi) is 7.79. The number of rotatable bonds is 6. The number of fused-ring (bicyclic) bond motifs is 2. The second-order valence-electron chi connectivity index (χ2n) is 19.3. The van der Waals surface area contributed by atoms with Crippen molar-refractivity contribution >= 4 is 19.1 Å². The minimum absolute atomic E-state index is 0.00706. The van der Waals surface area contributed by atoms with Crippen LogP contribution in [0.5, 0.6) is 0 Å². The summed E-state index contributed by atoms with van der Waals surface area (Å²) in [6, 6.07) is 7.58. The molecular weight excluding hydrogens is 609 g/mol. The van der Waals surface area contributed by atoms with Crippen molar-refractivity contribution in [1.82, 2.24) is 9.36 Å². The van der Waals surface area contributed by atoms with Crippen LogP contribution in [0.15, 0.2) is 58.2 Å². The largest absolute Gasteiger partial charge is 0.414 e. The summed E-state index contributed by atoms with van der Waals surface area (Å²) in [5, 5.41) is 1.22. The van der Waals surface area contributed by atoms with Crippen LogP contribution in [0.2, 0.25) is 18.1 Å². The van der Waals surface area contributed by atoms with Crippen LogP contribution in [-0.4, -0.2) is 23.8 Å². The van der Waals surface area contributed by atoms with E-state index in [0.29, 0.717) is 46.3 Å². The summed E-state index contributed by atoms with van der Waals surface area (Å²) in [5.41, 5.74) is -1.17. The Hall–Kier alpha value is -2.18. The van der Waals surface area contributed by atoms with Gasteiger partial charge in [0.15, 0.2) is 8.32 Å². The molecule has 1 aromatic carbocycles. The fourth-order valence-electron chi connectivity index (χ4n) is 11.7. The minimum atomic E-state index is -2.05. The van der Waals surface area contributed by atoms with Gasteiger partial charge in [-0.15, -0.1) is 0 Å². The molecule has 262 valence electrons. The summed E-state index contributed by atoms with van der Waals surface area (Å²) >= 11 is 0. The van der Waals surface area contributed by atoms with E-state index in [9.17, 15) is 0 Å². The highest BCUT2D eigenvalue weighted by Crippen LogP contribution is 2.74. The average molecular weight is 671 g/mol. The van der Waals surface area contributed by atoms with Gasteiger partial charge in [0.25, 0.3) is 11.1 Å². The van der Waals surface area contributed by atoms with E-state index in [1.807, 2.05) is 28.9 Å². The van der Waals surface area contributed by atoms with Crippen molar-refractivity contribution in [2.24, 2.45) is 46.3 Å². The zero-order valence-electron chi connectivity index (χ0n) is 31.7. The smallest absolute Gasteiger partial charge is 0.274 e. The second-order valence-corrected chi connectivity index (χ2v) is 24.0. The van der Waals surface area contributed by atoms with Gasteiger partial charge in [-0.25, -0.2) is 9.36 Å². The van der Waals surface area contributed by atoms with Crippen molar-refractivity contribution in [2.45, 2.75) is 143 Å². The molecule has 8 rings (SSSR count). The second kappa shape index (κ2) is 10.9. The van der Waals surface area contributed by atoms with Crippen LogP contribution in [0.4, 0.5) is 0 Å². The van der Waals surface area contributed by atoms with Crippen LogP contribution >= 0.6 is 0 Å². The third-order valence-corrected chi connectivity index (χ3v) is 20.3. The van der Waals surface area contributed by atoms with Gasteiger partial charge in [0.05, 0.1) is 21.9 Å². The molecule has 4 aliphatic carbocycles. The topological polar surface area (TPSA) is 53.2 Å². The highest BCUT2D eigenvalue weighted by atomic mass is 28.4. The lowest BCUT2D eigenvalue weighted by Crippen LogP contribution is -2.78. The van der Waals surface area contributed by atoms with E-state index in [1.54, 1.807) is 0 Å². The van der Waals surface area contributed by atoms with E-state index in [4.69, 9.17) is 4.43 Å². The number of allylic oxidation sites excluding steroid dienone is 4. The molecule has 3 saturated carbocycles. The summed E-state index contributed by atoms with van der Waals surface area (Å²) in [6.45, 7) is 26.0. The normalized spacial score (nSPS) is 38.6. The minimum Gasteiger partial charge on any atom is -0.414 e. The Morgan fingerprint density at radius 3 is 2.12 bits per heavy atom. The van der Waals surface area contributed by atoms with E-state index in [1.165, 1.54) is 12.8 Å². The fourth-order valence-corrected chi connectivity index (χ4v) is 13.1. The first kappa shape index (κ1) is 34.3. The lowest BCUT2D eigenvalue weighted by Gasteiger charge is -2.72. The van der Waals surface area contributed by atoms with E-state index in [2.05, 4.69) is 104 Å². The predicted molar refractivity (Wildman–Crippen MR) is 201 cm³/mol. The molecule has 2 spiro atoms. The van der Waals surface area contributed by atoms with Crippen LogP contribution in [-0.2, 0) is 15.5 Å². The molecule has 0 radical (unpaired) electrons. The molecule has 0 saturated heterocycles. The fraction of sp³-hybridized carbons (Fsp3) is 0.714. The predicted octanol–water partition coefficient (Wildman–Crippen LogP) is 9.64. The Morgan fingerprint density at radius 2 is 1.50 bits per heavy atom. The van der Waals surface area contributed by atoms with Gasteiger partial charge in [-0.05, 0) is 110 Å². The van der Waals surface area contributed by atoms with Crippen molar-refractivity contribution in [2.75, 3.05) is 0 Å². The highest BCUT2D eigenvalue weighted by molar-refractivity contribution is 6.74. The summed E-state index contributed by atoms with van der Waals surface area (Å²) in [7, 11) is -2.05. The Morgan fingerprint density at radius 1 is 0.854 bits per heavy atom. The summed E-state index contributed by atoms with van der Waals surface area (Å²) < 4.78 is 11.3. The molecule has 0 N–H and O–H groups in total. The maximum Gasteiger partial charge on any atom is 0.274 e. The van der Waals surface area contributed by atoms with Gasteiger partial charge in [0, 0.05) is 17.9 Å². The lowest BCUT2D eigenvalue weighted by atomic mass is 9.40. The van der Waals surface area contributed by atoms with Gasteiger partial charge >= 0.3 is 0 Å². The van der Waals surface area contributed by atoms with Crippen molar-refractivity contribution in [3.05, 3.63) is 69.3 Å². The maximum atomic E-state index is 15.1. The van der Waals surface area contributed by atoms with Gasteiger partial charge < -0.3 is 4.43 Å². The molecule has 3 heterocycles. The molecular formula is C42H62N2O3Si. The quantitative estimate of drug-likeness (QED) is 0.227. The number of aromatic nitrogens is 2. The highest BCUT2D eigenvalue weighted by Gasteiger charge is 2.74. The van der Waals surface area contributed by atoms with E-state index < -0.39 is 19.4 Å². The molecule has 10 atom stereocenters. The molecule has 2 aliphatic heterocycles. The Balaban J connectivity index is 1.42. The van der Waals surface area contributed by atoms with E-state index in [0.717, 1.165) is 32.1 Å². The Labute approximate surface area is 290 Å². The zero-order valence-corrected chi connectivity index (χ0v) is 32.7. The monoisotopic (exact) mass is 670 g/mol. The van der Waals surface area contributed by atoms with Gasteiger partial charge in [0.1, 0.15) is 0 Å². The molecule has 0 amide bonds.